The lowest BCUT2D eigenvalue weighted by Gasteiger charge is -2.06. The lowest BCUT2D eigenvalue weighted by Crippen LogP contribution is -2.13. The van der Waals surface area contributed by atoms with Gasteiger partial charge in [0, 0.05) is 18.4 Å². The largest absolute Gasteiger partial charge is 0.469 e. The Bertz CT molecular complexity index is 621. The summed E-state index contributed by atoms with van der Waals surface area (Å²) in [7, 11) is 0. The molecule has 0 spiro atoms. The number of carbonyl (C=O) groups is 1. The minimum absolute atomic E-state index is 0.0975. The summed E-state index contributed by atoms with van der Waals surface area (Å²) >= 11 is 0. The molecule has 0 fully saturated rings. The van der Waals surface area contributed by atoms with Crippen molar-refractivity contribution in [2.24, 2.45) is 0 Å². The molecule has 2 N–H and O–H groups in total. The van der Waals surface area contributed by atoms with Gasteiger partial charge in [-0.25, -0.2) is 0 Å². The van der Waals surface area contributed by atoms with Crippen LogP contribution in [0.2, 0.25) is 0 Å². The van der Waals surface area contributed by atoms with Gasteiger partial charge in [-0.3, -0.25) is 4.79 Å². The van der Waals surface area contributed by atoms with Gasteiger partial charge in [0.25, 0.3) is 0 Å². The zero-order valence-corrected chi connectivity index (χ0v) is 10.9. The van der Waals surface area contributed by atoms with Gasteiger partial charge in [-0.2, -0.15) is 0 Å². The molecule has 102 valence electrons. The maximum atomic E-state index is 11.9. The first-order chi connectivity index (χ1) is 9.79. The summed E-state index contributed by atoms with van der Waals surface area (Å²) in [6.45, 7) is -0.208. The van der Waals surface area contributed by atoms with Crippen LogP contribution in [-0.4, -0.2) is 17.6 Å². The minimum Gasteiger partial charge on any atom is -0.469 e. The molecular weight excluding hydrogens is 254 g/mol. The average Bonchev–Trinajstić information content (AvgIpc) is 2.97. The van der Waals surface area contributed by atoms with Crippen LogP contribution in [0, 0.1) is 11.8 Å². The molecule has 0 aliphatic heterocycles. The number of aliphatic hydroxyl groups is 1. The number of hydrogen-bond donors (Lipinski definition) is 2. The second kappa shape index (κ2) is 7.17. The fourth-order valence-electron chi connectivity index (χ4n) is 1.74. The molecule has 2 aromatic rings. The zero-order chi connectivity index (χ0) is 14.2. The van der Waals surface area contributed by atoms with Crippen molar-refractivity contribution in [2.45, 2.75) is 12.8 Å². The van der Waals surface area contributed by atoms with Crippen LogP contribution < -0.4 is 5.32 Å². The van der Waals surface area contributed by atoms with E-state index < -0.39 is 0 Å². The molecule has 0 saturated carbocycles. The molecule has 20 heavy (non-hydrogen) atoms. The summed E-state index contributed by atoms with van der Waals surface area (Å²) in [5.41, 5.74) is 1.34. The van der Waals surface area contributed by atoms with E-state index in [9.17, 15) is 4.79 Å². The molecule has 1 aromatic heterocycles. The summed E-state index contributed by atoms with van der Waals surface area (Å²) in [5.74, 6) is 6.06. The van der Waals surface area contributed by atoms with Crippen LogP contribution >= 0.6 is 0 Å². The van der Waals surface area contributed by atoms with Gasteiger partial charge in [0.05, 0.1) is 12.0 Å². The predicted molar refractivity (Wildman–Crippen MR) is 76.1 cm³/mol. The van der Waals surface area contributed by atoms with Gasteiger partial charge in [0.1, 0.15) is 12.4 Å². The minimum atomic E-state index is -0.208. The Labute approximate surface area is 117 Å². The first kappa shape index (κ1) is 13.9. The van der Waals surface area contributed by atoms with E-state index in [4.69, 9.17) is 9.52 Å². The predicted octanol–water partition coefficient (Wildman–Crippen LogP) is 2.19. The molecule has 0 aliphatic carbocycles. The van der Waals surface area contributed by atoms with E-state index in [1.807, 2.05) is 18.2 Å². The number of anilines is 1. The maximum absolute atomic E-state index is 11.9. The molecule has 1 amide bonds. The van der Waals surface area contributed by atoms with E-state index in [1.165, 1.54) is 0 Å². The van der Waals surface area contributed by atoms with E-state index in [0.717, 1.165) is 5.76 Å². The Morgan fingerprint density at radius 1 is 1.25 bits per heavy atom. The van der Waals surface area contributed by atoms with E-state index in [-0.39, 0.29) is 12.5 Å². The number of hydrogen-bond acceptors (Lipinski definition) is 3. The molecule has 0 bridgehead atoms. The van der Waals surface area contributed by atoms with Gasteiger partial charge >= 0.3 is 0 Å². The smallest absolute Gasteiger partial charge is 0.224 e. The number of benzene rings is 1. The molecule has 4 heteroatoms. The van der Waals surface area contributed by atoms with E-state index in [2.05, 4.69) is 17.2 Å². The normalized spacial score (nSPS) is 9.65. The number of nitrogens with one attached hydrogen (secondary N) is 1. The third-order valence-electron chi connectivity index (χ3n) is 2.68. The van der Waals surface area contributed by atoms with E-state index in [1.54, 1.807) is 24.5 Å². The van der Waals surface area contributed by atoms with Gasteiger partial charge in [-0.05, 0) is 24.3 Å². The molecule has 2 rings (SSSR count). The van der Waals surface area contributed by atoms with Crippen molar-refractivity contribution in [2.75, 3.05) is 11.9 Å². The van der Waals surface area contributed by atoms with Crippen LogP contribution in [0.5, 0.6) is 0 Å². The number of aliphatic hydroxyl groups excluding tert-OH is 1. The van der Waals surface area contributed by atoms with Crippen molar-refractivity contribution in [3.8, 4) is 11.8 Å². The fourth-order valence-corrected chi connectivity index (χ4v) is 1.74. The van der Waals surface area contributed by atoms with Crippen LogP contribution in [0.4, 0.5) is 5.69 Å². The Hall–Kier alpha value is -2.51. The summed E-state index contributed by atoms with van der Waals surface area (Å²) in [4.78, 5) is 11.9. The summed E-state index contributed by atoms with van der Waals surface area (Å²) in [6, 6.07) is 10.9. The van der Waals surface area contributed by atoms with Crippen molar-refractivity contribution in [3.63, 3.8) is 0 Å². The van der Waals surface area contributed by atoms with E-state index >= 15 is 0 Å². The highest BCUT2D eigenvalue weighted by atomic mass is 16.3. The Morgan fingerprint density at radius 2 is 2.10 bits per heavy atom. The summed E-state index contributed by atoms with van der Waals surface area (Å²) < 4.78 is 5.18. The average molecular weight is 269 g/mol. The molecule has 1 heterocycles. The second-order valence-corrected chi connectivity index (χ2v) is 4.13. The highest BCUT2D eigenvalue weighted by Crippen LogP contribution is 2.14. The molecule has 0 atom stereocenters. The summed E-state index contributed by atoms with van der Waals surface area (Å²) in [6.07, 6.45) is 2.49. The number of rotatable bonds is 4. The molecule has 0 radical (unpaired) electrons. The highest BCUT2D eigenvalue weighted by molar-refractivity contribution is 5.92. The lowest BCUT2D eigenvalue weighted by atomic mass is 10.1. The van der Waals surface area contributed by atoms with Crippen molar-refractivity contribution in [3.05, 3.63) is 54.0 Å². The van der Waals surface area contributed by atoms with Gasteiger partial charge < -0.3 is 14.8 Å². The fraction of sp³-hybridized carbons (Fsp3) is 0.188. The Kier molecular flexibility index (Phi) is 4.99. The van der Waals surface area contributed by atoms with E-state index in [0.29, 0.717) is 24.1 Å². The quantitative estimate of drug-likeness (QED) is 0.836. The molecule has 0 aliphatic rings. The first-order valence-corrected chi connectivity index (χ1v) is 6.30. The Morgan fingerprint density at radius 3 is 2.85 bits per heavy atom. The van der Waals surface area contributed by atoms with Gasteiger partial charge in [0.2, 0.25) is 5.91 Å². The van der Waals surface area contributed by atoms with Crippen LogP contribution in [0.1, 0.15) is 17.7 Å². The Balaban J connectivity index is 1.97. The maximum Gasteiger partial charge on any atom is 0.224 e. The lowest BCUT2D eigenvalue weighted by molar-refractivity contribution is -0.116. The zero-order valence-electron chi connectivity index (χ0n) is 10.9. The number of aryl methyl sites for hydroxylation is 1. The number of amides is 1. The molecule has 4 nitrogen and oxygen atoms in total. The molecule has 0 saturated heterocycles. The van der Waals surface area contributed by atoms with Crippen LogP contribution in [-0.2, 0) is 11.2 Å². The third kappa shape index (κ3) is 4.01. The van der Waals surface area contributed by atoms with Crippen molar-refractivity contribution < 1.29 is 14.3 Å². The standard InChI is InChI=1S/C16H15NO3/c18-11-3-6-13-5-1-2-8-15(13)17-16(19)10-9-14-7-4-12-20-14/h1-2,4-5,7-8,12,18H,9-11H2,(H,17,19). The van der Waals surface area contributed by atoms with Crippen molar-refractivity contribution >= 4 is 11.6 Å². The SMILES string of the molecule is O=C(CCc1ccco1)Nc1ccccc1C#CCO. The number of para-hydroxylation sites is 1. The van der Waals surface area contributed by atoms with Gasteiger partial charge in [0.15, 0.2) is 0 Å². The van der Waals surface area contributed by atoms with Crippen LogP contribution in [0.3, 0.4) is 0 Å². The van der Waals surface area contributed by atoms with Crippen molar-refractivity contribution in [1.82, 2.24) is 0 Å². The third-order valence-corrected chi connectivity index (χ3v) is 2.68. The number of furan rings is 1. The first-order valence-electron chi connectivity index (χ1n) is 6.30. The molecule has 1 aromatic carbocycles. The number of carbonyl (C=O) groups excluding carboxylic acids is 1. The van der Waals surface area contributed by atoms with Gasteiger partial charge in [-0.15, -0.1) is 0 Å². The van der Waals surface area contributed by atoms with Crippen molar-refractivity contribution in [1.29, 1.82) is 0 Å². The van der Waals surface area contributed by atoms with Crippen LogP contribution in [0.25, 0.3) is 0 Å². The molecule has 0 unspecified atom stereocenters. The van der Waals surface area contributed by atoms with Gasteiger partial charge in [-0.1, -0.05) is 24.0 Å². The monoisotopic (exact) mass is 269 g/mol. The van der Waals surface area contributed by atoms with Crippen LogP contribution in [0.15, 0.2) is 47.1 Å². The second-order valence-electron chi connectivity index (χ2n) is 4.13. The molecular formula is C16H15NO3. The summed E-state index contributed by atoms with van der Waals surface area (Å²) in [5, 5.41) is 11.5. The highest BCUT2D eigenvalue weighted by Gasteiger charge is 2.06. The topological polar surface area (TPSA) is 62.5 Å².